The number of terminal acetylenes is 1. The first kappa shape index (κ1) is 12.1. The van der Waals surface area contributed by atoms with Gasteiger partial charge < -0.3 is 5.11 Å². The fourth-order valence-electron chi connectivity index (χ4n) is 1.75. The summed E-state index contributed by atoms with van der Waals surface area (Å²) in [6, 6.07) is 9.21. The molecule has 0 spiro atoms. The molecule has 0 aliphatic carbocycles. The van der Waals surface area contributed by atoms with E-state index < -0.39 is 0 Å². The molecule has 0 saturated heterocycles. The zero-order valence-corrected chi connectivity index (χ0v) is 9.91. The van der Waals surface area contributed by atoms with E-state index in [4.69, 9.17) is 6.42 Å². The fourth-order valence-corrected chi connectivity index (χ4v) is 1.75. The van der Waals surface area contributed by atoms with Gasteiger partial charge in [-0.25, -0.2) is 0 Å². The lowest BCUT2D eigenvalue weighted by molar-refractivity contribution is 0.476. The Morgan fingerprint density at radius 3 is 2.50 bits per heavy atom. The van der Waals surface area contributed by atoms with E-state index in [9.17, 15) is 5.11 Å². The van der Waals surface area contributed by atoms with Crippen LogP contribution in [0.25, 0.3) is 10.8 Å². The van der Waals surface area contributed by atoms with Crippen LogP contribution in [0.4, 0.5) is 0 Å². The minimum Gasteiger partial charge on any atom is -0.508 e. The lowest BCUT2D eigenvalue weighted by atomic mass is 10.00. The van der Waals surface area contributed by atoms with Crippen molar-refractivity contribution in [1.82, 2.24) is 0 Å². The molecule has 2 rings (SSSR count). The summed E-state index contributed by atoms with van der Waals surface area (Å²) in [5.74, 6) is 2.93. The standard InChI is InChI=1S/C13H10O.C2H6/c1-3-10-5-4-6-11-8-12(14)7-9(2)13(10)11;1-2/h1,4-8,14H,2H3;1-2H3. The van der Waals surface area contributed by atoms with Crippen LogP contribution in [0.2, 0.25) is 0 Å². The Balaban J connectivity index is 0.000000606. The highest BCUT2D eigenvalue weighted by Gasteiger charge is 2.03. The molecule has 0 heterocycles. The largest absolute Gasteiger partial charge is 0.508 e. The van der Waals surface area contributed by atoms with E-state index in [2.05, 4.69) is 5.92 Å². The first-order valence-corrected chi connectivity index (χ1v) is 5.41. The van der Waals surface area contributed by atoms with Crippen LogP contribution in [-0.2, 0) is 0 Å². The third-order valence-corrected chi connectivity index (χ3v) is 2.31. The highest BCUT2D eigenvalue weighted by molar-refractivity contribution is 5.92. The molecular formula is C15H16O. The highest BCUT2D eigenvalue weighted by Crippen LogP contribution is 2.26. The van der Waals surface area contributed by atoms with Crippen LogP contribution in [0.5, 0.6) is 5.75 Å². The first-order valence-electron chi connectivity index (χ1n) is 5.41. The van der Waals surface area contributed by atoms with Gasteiger partial charge in [-0.3, -0.25) is 0 Å². The molecule has 1 heteroatoms. The van der Waals surface area contributed by atoms with Crippen LogP contribution >= 0.6 is 0 Å². The van der Waals surface area contributed by atoms with Crippen LogP contribution in [0, 0.1) is 19.3 Å². The zero-order chi connectivity index (χ0) is 12.1. The van der Waals surface area contributed by atoms with Gasteiger partial charge in [0.2, 0.25) is 0 Å². The maximum absolute atomic E-state index is 9.42. The SMILES string of the molecule is C#Cc1cccc2cc(O)cc(C)c12.CC. The van der Waals surface area contributed by atoms with Crippen LogP contribution in [0.1, 0.15) is 25.0 Å². The average molecular weight is 212 g/mol. The Bertz CT molecular complexity index is 533. The van der Waals surface area contributed by atoms with E-state index in [0.717, 1.165) is 21.9 Å². The quantitative estimate of drug-likeness (QED) is 0.657. The summed E-state index contributed by atoms with van der Waals surface area (Å²) in [6.07, 6.45) is 5.41. The van der Waals surface area contributed by atoms with E-state index >= 15 is 0 Å². The maximum Gasteiger partial charge on any atom is 0.116 e. The second-order valence-electron chi connectivity index (χ2n) is 3.31. The van der Waals surface area contributed by atoms with E-state index in [1.807, 2.05) is 39.0 Å². The number of hydrogen-bond acceptors (Lipinski definition) is 1. The number of aromatic hydroxyl groups is 1. The van der Waals surface area contributed by atoms with Crippen LogP contribution in [0.15, 0.2) is 30.3 Å². The Labute approximate surface area is 96.7 Å². The van der Waals surface area contributed by atoms with Gasteiger partial charge in [-0.1, -0.05) is 31.9 Å². The number of phenolic OH excluding ortho intramolecular Hbond substituents is 1. The van der Waals surface area contributed by atoms with E-state index in [1.165, 1.54) is 0 Å². The van der Waals surface area contributed by atoms with Gasteiger partial charge in [0.1, 0.15) is 5.75 Å². The minimum atomic E-state index is 0.282. The molecule has 0 radical (unpaired) electrons. The third kappa shape index (κ3) is 2.17. The third-order valence-electron chi connectivity index (χ3n) is 2.31. The molecule has 0 aliphatic heterocycles. The van der Waals surface area contributed by atoms with Gasteiger partial charge in [0.25, 0.3) is 0 Å². The van der Waals surface area contributed by atoms with Crippen molar-refractivity contribution in [2.45, 2.75) is 20.8 Å². The summed E-state index contributed by atoms with van der Waals surface area (Å²) in [4.78, 5) is 0. The number of rotatable bonds is 0. The van der Waals surface area contributed by atoms with Gasteiger partial charge in [-0.2, -0.15) is 0 Å². The summed E-state index contributed by atoms with van der Waals surface area (Å²) < 4.78 is 0. The summed E-state index contributed by atoms with van der Waals surface area (Å²) in [5.41, 5.74) is 1.88. The van der Waals surface area contributed by atoms with Crippen molar-refractivity contribution >= 4 is 10.8 Å². The molecule has 2 aromatic carbocycles. The van der Waals surface area contributed by atoms with E-state index in [1.54, 1.807) is 12.1 Å². The summed E-state index contributed by atoms with van der Waals surface area (Å²) >= 11 is 0. The molecule has 0 aromatic heterocycles. The molecule has 0 saturated carbocycles. The zero-order valence-electron chi connectivity index (χ0n) is 9.91. The lowest BCUT2D eigenvalue weighted by Crippen LogP contribution is -1.83. The predicted molar refractivity (Wildman–Crippen MR) is 69.6 cm³/mol. The fraction of sp³-hybridized carbons (Fsp3) is 0.200. The number of phenols is 1. The number of fused-ring (bicyclic) bond motifs is 1. The normalized spacial score (nSPS) is 9.12. The second-order valence-corrected chi connectivity index (χ2v) is 3.31. The molecule has 82 valence electrons. The van der Waals surface area contributed by atoms with Crippen LogP contribution in [-0.4, -0.2) is 5.11 Å². The van der Waals surface area contributed by atoms with Gasteiger partial charge >= 0.3 is 0 Å². The van der Waals surface area contributed by atoms with Gasteiger partial charge in [0, 0.05) is 10.9 Å². The Kier molecular flexibility index (Phi) is 3.96. The van der Waals surface area contributed by atoms with Gasteiger partial charge in [0.15, 0.2) is 0 Å². The van der Waals surface area contributed by atoms with Crippen molar-refractivity contribution in [3.8, 4) is 18.1 Å². The predicted octanol–water partition coefficient (Wildman–Crippen LogP) is 3.86. The highest BCUT2D eigenvalue weighted by atomic mass is 16.3. The molecule has 0 unspecified atom stereocenters. The lowest BCUT2D eigenvalue weighted by Gasteiger charge is -2.05. The summed E-state index contributed by atoms with van der Waals surface area (Å²) in [5, 5.41) is 11.5. The minimum absolute atomic E-state index is 0.282. The monoisotopic (exact) mass is 212 g/mol. The molecule has 1 nitrogen and oxygen atoms in total. The van der Waals surface area contributed by atoms with Crippen molar-refractivity contribution < 1.29 is 5.11 Å². The molecule has 0 atom stereocenters. The molecule has 1 N–H and O–H groups in total. The molecule has 0 fully saturated rings. The number of benzene rings is 2. The molecular weight excluding hydrogens is 196 g/mol. The molecule has 16 heavy (non-hydrogen) atoms. The van der Waals surface area contributed by atoms with Crippen molar-refractivity contribution in [2.24, 2.45) is 0 Å². The van der Waals surface area contributed by atoms with E-state index in [0.29, 0.717) is 0 Å². The first-order chi connectivity index (χ1) is 7.72. The van der Waals surface area contributed by atoms with Crippen LogP contribution < -0.4 is 0 Å². The molecule has 0 aliphatic rings. The molecule has 2 aromatic rings. The number of aryl methyl sites for hydroxylation is 1. The summed E-state index contributed by atoms with van der Waals surface area (Å²) in [7, 11) is 0. The smallest absolute Gasteiger partial charge is 0.116 e. The van der Waals surface area contributed by atoms with Gasteiger partial charge in [0.05, 0.1) is 0 Å². The van der Waals surface area contributed by atoms with Crippen molar-refractivity contribution in [1.29, 1.82) is 0 Å². The van der Waals surface area contributed by atoms with Crippen molar-refractivity contribution in [3.05, 3.63) is 41.5 Å². The van der Waals surface area contributed by atoms with Gasteiger partial charge in [-0.05, 0) is 36.1 Å². The topological polar surface area (TPSA) is 20.2 Å². The molecule has 0 amide bonds. The van der Waals surface area contributed by atoms with E-state index in [-0.39, 0.29) is 5.75 Å². The maximum atomic E-state index is 9.42. The van der Waals surface area contributed by atoms with Crippen molar-refractivity contribution in [2.75, 3.05) is 0 Å². The Morgan fingerprint density at radius 2 is 1.88 bits per heavy atom. The van der Waals surface area contributed by atoms with Gasteiger partial charge in [-0.15, -0.1) is 6.42 Å². The van der Waals surface area contributed by atoms with Crippen LogP contribution in [0.3, 0.4) is 0 Å². The van der Waals surface area contributed by atoms with Crippen molar-refractivity contribution in [3.63, 3.8) is 0 Å². The Morgan fingerprint density at radius 1 is 1.19 bits per heavy atom. The summed E-state index contributed by atoms with van der Waals surface area (Å²) in [6.45, 7) is 5.95. The average Bonchev–Trinajstić information content (AvgIpc) is 2.30. The second kappa shape index (κ2) is 5.23. The molecule has 0 bridgehead atoms. The Hall–Kier alpha value is -1.94. The number of hydrogen-bond donors (Lipinski definition) is 1.